The molecule has 7 aromatic carbocycles. The predicted molar refractivity (Wildman–Crippen MR) is 212 cm³/mol. The maximum Gasteiger partial charge on any atom is 0.0703 e. The van der Waals surface area contributed by atoms with Crippen LogP contribution >= 0.6 is 0 Å². The van der Waals surface area contributed by atoms with Crippen molar-refractivity contribution < 1.29 is 0 Å². The van der Waals surface area contributed by atoms with Gasteiger partial charge in [0.1, 0.15) is 0 Å². The molecule has 2 aliphatic rings. The molecule has 0 bridgehead atoms. The lowest BCUT2D eigenvalue weighted by atomic mass is 9.73. The first kappa shape index (κ1) is 29.5. The third kappa shape index (κ3) is 4.85. The fraction of sp³-hybridized carbons (Fsp3) is 0.0625. The molecule has 0 amide bonds. The van der Waals surface area contributed by atoms with Gasteiger partial charge in [-0.05, 0) is 113 Å². The van der Waals surface area contributed by atoms with Gasteiger partial charge in [-0.15, -0.1) is 0 Å². The number of pyridine rings is 1. The van der Waals surface area contributed by atoms with Crippen molar-refractivity contribution in [2.75, 3.05) is 9.80 Å². The Balaban J connectivity index is 1.07. The molecule has 0 saturated heterocycles. The summed E-state index contributed by atoms with van der Waals surface area (Å²) in [7, 11) is 0. The first-order chi connectivity index (χ1) is 25.3. The highest BCUT2D eigenvalue weighted by molar-refractivity contribution is 6.10. The zero-order valence-corrected chi connectivity index (χ0v) is 28.2. The van der Waals surface area contributed by atoms with Crippen LogP contribution < -0.4 is 9.80 Å². The summed E-state index contributed by atoms with van der Waals surface area (Å²) >= 11 is 0. The minimum atomic E-state index is 0.0260. The molecule has 8 aromatic rings. The number of hydrogen-bond acceptors (Lipinski definition) is 3. The van der Waals surface area contributed by atoms with Gasteiger partial charge in [0.05, 0.1) is 23.3 Å². The first-order valence-corrected chi connectivity index (χ1v) is 17.8. The third-order valence-corrected chi connectivity index (χ3v) is 10.7. The highest BCUT2D eigenvalue weighted by atomic mass is 15.2. The maximum atomic E-state index is 5.06. The van der Waals surface area contributed by atoms with E-state index in [1.807, 2.05) is 6.20 Å². The second-order valence-corrected chi connectivity index (χ2v) is 13.6. The van der Waals surface area contributed by atoms with E-state index in [-0.39, 0.29) is 5.41 Å². The van der Waals surface area contributed by atoms with E-state index in [4.69, 9.17) is 4.98 Å². The van der Waals surface area contributed by atoms with E-state index in [0.29, 0.717) is 0 Å². The number of para-hydroxylation sites is 4. The Morgan fingerprint density at radius 3 is 1.57 bits per heavy atom. The molecule has 0 radical (unpaired) electrons. The number of fused-ring (bicyclic) bond motifs is 4. The molecular formula is C48H35N3. The number of nitrogens with zero attached hydrogens (tertiary/aromatic N) is 3. The normalized spacial score (nSPS) is 13.5. The van der Waals surface area contributed by atoms with Crippen LogP contribution in [0.25, 0.3) is 33.2 Å². The Bertz CT molecular complexity index is 2430. The molecule has 242 valence electrons. The van der Waals surface area contributed by atoms with Crippen molar-refractivity contribution in [2.45, 2.75) is 18.3 Å². The van der Waals surface area contributed by atoms with E-state index in [1.165, 1.54) is 38.7 Å². The molecule has 10 rings (SSSR count). The molecule has 2 aliphatic carbocycles. The lowest BCUT2D eigenvalue weighted by Crippen LogP contribution is -2.17. The van der Waals surface area contributed by atoms with E-state index in [9.17, 15) is 0 Å². The Kier molecular flexibility index (Phi) is 6.85. The van der Waals surface area contributed by atoms with Crippen molar-refractivity contribution in [3.05, 3.63) is 199 Å². The van der Waals surface area contributed by atoms with Crippen LogP contribution in [-0.4, -0.2) is 4.98 Å². The van der Waals surface area contributed by atoms with Crippen LogP contribution in [0.5, 0.6) is 0 Å². The van der Waals surface area contributed by atoms with Crippen LogP contribution in [-0.2, 0) is 5.41 Å². The predicted octanol–water partition coefficient (Wildman–Crippen LogP) is 12.9. The van der Waals surface area contributed by atoms with Crippen molar-refractivity contribution in [1.82, 2.24) is 4.98 Å². The summed E-state index contributed by atoms with van der Waals surface area (Å²) in [6.45, 7) is 0. The zero-order chi connectivity index (χ0) is 33.8. The molecule has 1 saturated carbocycles. The molecule has 1 fully saturated rings. The van der Waals surface area contributed by atoms with Crippen LogP contribution in [0, 0.1) is 0 Å². The van der Waals surface area contributed by atoms with Gasteiger partial charge in [0.2, 0.25) is 0 Å². The van der Waals surface area contributed by atoms with E-state index < -0.39 is 0 Å². The van der Waals surface area contributed by atoms with Gasteiger partial charge < -0.3 is 9.80 Å². The van der Waals surface area contributed by atoms with E-state index in [1.54, 1.807) is 0 Å². The zero-order valence-electron chi connectivity index (χ0n) is 28.2. The van der Waals surface area contributed by atoms with Crippen LogP contribution in [0.15, 0.2) is 188 Å². The van der Waals surface area contributed by atoms with Crippen LogP contribution in [0.4, 0.5) is 34.1 Å². The SMILES string of the molecule is c1ccc(N(c2ccccc2)c2ccc(-c3ccc4c(c3)C3(CC3)c3ccc(N(c5ccccc5)c5ccccc5)c5cccc-4c35)nc2)cc1. The highest BCUT2D eigenvalue weighted by Crippen LogP contribution is 2.62. The van der Waals surface area contributed by atoms with E-state index >= 15 is 0 Å². The second kappa shape index (κ2) is 11.9. The average molecular weight is 654 g/mol. The first-order valence-electron chi connectivity index (χ1n) is 17.8. The van der Waals surface area contributed by atoms with Crippen LogP contribution in [0.2, 0.25) is 0 Å². The van der Waals surface area contributed by atoms with Gasteiger partial charge in [0.25, 0.3) is 0 Å². The summed E-state index contributed by atoms with van der Waals surface area (Å²) in [6, 6.07) is 65.4. The van der Waals surface area contributed by atoms with Gasteiger partial charge in [-0.1, -0.05) is 109 Å². The summed E-state index contributed by atoms with van der Waals surface area (Å²) in [5.41, 5.74) is 14.5. The average Bonchev–Trinajstić information content (AvgIpc) is 4.01. The molecule has 51 heavy (non-hydrogen) atoms. The van der Waals surface area contributed by atoms with Gasteiger partial charge in [-0.25, -0.2) is 0 Å². The van der Waals surface area contributed by atoms with Crippen LogP contribution in [0.3, 0.4) is 0 Å². The Hall–Kier alpha value is -6.45. The molecule has 0 unspecified atom stereocenters. The third-order valence-electron chi connectivity index (χ3n) is 10.7. The molecule has 1 spiro atoms. The van der Waals surface area contributed by atoms with Gasteiger partial charge >= 0.3 is 0 Å². The molecule has 1 aromatic heterocycles. The number of anilines is 6. The summed E-state index contributed by atoms with van der Waals surface area (Å²) in [5, 5.41) is 2.67. The maximum absolute atomic E-state index is 5.06. The van der Waals surface area contributed by atoms with E-state index in [0.717, 1.165) is 52.5 Å². The summed E-state index contributed by atoms with van der Waals surface area (Å²) < 4.78 is 0. The largest absolute Gasteiger partial charge is 0.310 e. The quantitative estimate of drug-likeness (QED) is 0.171. The molecule has 1 heterocycles. The highest BCUT2D eigenvalue weighted by Gasteiger charge is 2.50. The summed E-state index contributed by atoms with van der Waals surface area (Å²) in [6.07, 6.45) is 4.32. The number of aromatic nitrogens is 1. The van der Waals surface area contributed by atoms with Crippen LogP contribution in [0.1, 0.15) is 24.0 Å². The minimum absolute atomic E-state index is 0.0260. The van der Waals surface area contributed by atoms with Crippen molar-refractivity contribution in [3.63, 3.8) is 0 Å². The molecule has 0 atom stereocenters. The molecule has 0 N–H and O–H groups in total. The second-order valence-electron chi connectivity index (χ2n) is 13.6. The fourth-order valence-corrected chi connectivity index (χ4v) is 8.22. The summed E-state index contributed by atoms with van der Waals surface area (Å²) in [5.74, 6) is 0. The molecule has 3 heteroatoms. The van der Waals surface area contributed by atoms with Gasteiger partial charge in [-0.2, -0.15) is 0 Å². The Labute approximate surface area is 298 Å². The Morgan fingerprint density at radius 2 is 1.02 bits per heavy atom. The minimum Gasteiger partial charge on any atom is -0.310 e. The molecule has 0 aliphatic heterocycles. The topological polar surface area (TPSA) is 19.4 Å². The monoisotopic (exact) mass is 653 g/mol. The van der Waals surface area contributed by atoms with Gasteiger partial charge in [0.15, 0.2) is 0 Å². The standard InChI is InChI=1S/C48H35N3/c1-5-14-35(15-6-1)50(36-16-7-2-8-17-36)39-25-28-45(49-33-39)34-24-26-40-41-22-13-23-42-46(29-27-43(47(41)42)48(30-31-48)44(40)32-34)51(37-18-9-3-10-19-37)38-20-11-4-12-21-38/h1-29,32-33H,30-31H2. The van der Waals surface area contributed by atoms with Gasteiger partial charge in [-0.3, -0.25) is 4.98 Å². The lowest BCUT2D eigenvalue weighted by Gasteiger charge is -2.33. The number of rotatable bonds is 7. The van der Waals surface area contributed by atoms with Gasteiger partial charge in [0, 0.05) is 39.1 Å². The smallest absolute Gasteiger partial charge is 0.0703 e. The number of hydrogen-bond donors (Lipinski definition) is 0. The van der Waals surface area contributed by atoms with Crippen molar-refractivity contribution >= 4 is 44.9 Å². The van der Waals surface area contributed by atoms with Crippen molar-refractivity contribution in [3.8, 4) is 22.4 Å². The van der Waals surface area contributed by atoms with E-state index in [2.05, 4.69) is 192 Å². The molecule has 3 nitrogen and oxygen atoms in total. The lowest BCUT2D eigenvalue weighted by molar-refractivity contribution is 0.853. The van der Waals surface area contributed by atoms with Crippen molar-refractivity contribution in [2.24, 2.45) is 0 Å². The molecular weight excluding hydrogens is 619 g/mol. The summed E-state index contributed by atoms with van der Waals surface area (Å²) in [4.78, 5) is 9.71. The Morgan fingerprint density at radius 1 is 0.431 bits per heavy atom. The van der Waals surface area contributed by atoms with Crippen molar-refractivity contribution in [1.29, 1.82) is 0 Å². The fourth-order valence-electron chi connectivity index (χ4n) is 8.22. The number of benzene rings is 7.